The summed E-state index contributed by atoms with van der Waals surface area (Å²) in [6.45, 7) is 0. The minimum atomic E-state index is -0.613. The third kappa shape index (κ3) is 3.90. The van der Waals surface area contributed by atoms with Crippen LogP contribution in [0.4, 0.5) is 5.69 Å². The summed E-state index contributed by atoms with van der Waals surface area (Å²) in [5, 5.41) is 4.74. The summed E-state index contributed by atoms with van der Waals surface area (Å²) < 4.78 is 10.8. The van der Waals surface area contributed by atoms with Gasteiger partial charge >= 0.3 is 0 Å². The number of fused-ring (bicyclic) bond motifs is 1. The molecule has 1 aliphatic heterocycles. The minimum Gasteiger partial charge on any atom is -0.497 e. The van der Waals surface area contributed by atoms with Crippen molar-refractivity contribution in [3.05, 3.63) is 69.7 Å². The Morgan fingerprint density at radius 3 is 2.41 bits per heavy atom. The van der Waals surface area contributed by atoms with E-state index >= 15 is 0 Å². The second kappa shape index (κ2) is 8.78. The first-order chi connectivity index (χ1) is 15.3. The summed E-state index contributed by atoms with van der Waals surface area (Å²) in [7, 11) is 3.08. The van der Waals surface area contributed by atoms with Crippen LogP contribution >= 0.6 is 35.4 Å². The van der Waals surface area contributed by atoms with E-state index in [9.17, 15) is 9.59 Å². The zero-order valence-corrected chi connectivity index (χ0v) is 19.3. The molecule has 0 spiro atoms. The van der Waals surface area contributed by atoms with E-state index in [1.54, 1.807) is 25.3 Å². The zero-order valence-electron chi connectivity index (χ0n) is 16.9. The third-order valence-electron chi connectivity index (χ3n) is 5.00. The van der Waals surface area contributed by atoms with Crippen LogP contribution in [0.5, 0.6) is 11.5 Å². The molecule has 6 nitrogen and oxygen atoms in total. The van der Waals surface area contributed by atoms with Gasteiger partial charge in [-0.15, -0.1) is 0 Å². The number of hydrogen-bond donors (Lipinski definition) is 1. The van der Waals surface area contributed by atoms with Gasteiger partial charge in [-0.25, -0.2) is 0 Å². The Morgan fingerprint density at radius 1 is 0.969 bits per heavy atom. The van der Waals surface area contributed by atoms with Crippen molar-refractivity contribution in [2.24, 2.45) is 0 Å². The molecule has 1 heterocycles. The van der Waals surface area contributed by atoms with Crippen molar-refractivity contribution in [2.45, 2.75) is 0 Å². The van der Waals surface area contributed by atoms with Crippen LogP contribution in [-0.4, -0.2) is 31.1 Å². The van der Waals surface area contributed by atoms with Gasteiger partial charge in [0.25, 0.3) is 11.8 Å². The van der Waals surface area contributed by atoms with E-state index in [4.69, 9.17) is 44.9 Å². The van der Waals surface area contributed by atoms with Gasteiger partial charge in [0, 0.05) is 5.56 Å². The average Bonchev–Trinajstić information content (AvgIpc) is 2.78. The van der Waals surface area contributed by atoms with Gasteiger partial charge in [-0.1, -0.05) is 35.3 Å². The highest BCUT2D eigenvalue weighted by Crippen LogP contribution is 2.34. The summed E-state index contributed by atoms with van der Waals surface area (Å²) >= 11 is 17.3. The van der Waals surface area contributed by atoms with Crippen molar-refractivity contribution in [2.75, 3.05) is 19.1 Å². The molecule has 3 aromatic rings. The van der Waals surface area contributed by atoms with E-state index in [0.717, 1.165) is 10.8 Å². The molecular formula is C23H16Cl2N2O4S. The minimum absolute atomic E-state index is 0.0536. The second-order valence-electron chi connectivity index (χ2n) is 6.82. The molecule has 0 radical (unpaired) electrons. The summed E-state index contributed by atoms with van der Waals surface area (Å²) in [6, 6.07) is 13.8. The molecule has 0 aliphatic carbocycles. The number of anilines is 1. The van der Waals surface area contributed by atoms with Crippen LogP contribution < -0.4 is 19.7 Å². The molecule has 32 heavy (non-hydrogen) atoms. The molecule has 4 rings (SSSR count). The fraction of sp³-hybridized carbons (Fsp3) is 0.0870. The topological polar surface area (TPSA) is 67.9 Å². The van der Waals surface area contributed by atoms with Crippen LogP contribution in [0, 0.1) is 0 Å². The average molecular weight is 487 g/mol. The number of carbonyl (C=O) groups is 2. The Balaban J connectivity index is 1.88. The zero-order chi connectivity index (χ0) is 23.0. The highest BCUT2D eigenvalue weighted by Gasteiger charge is 2.35. The summed E-state index contributed by atoms with van der Waals surface area (Å²) in [5.74, 6) is -0.0890. The number of thiocarbonyl (C=S) groups is 1. The van der Waals surface area contributed by atoms with Gasteiger partial charge in [0.2, 0.25) is 0 Å². The quantitative estimate of drug-likeness (QED) is 0.319. The fourth-order valence-corrected chi connectivity index (χ4v) is 3.99. The van der Waals surface area contributed by atoms with E-state index in [2.05, 4.69) is 5.32 Å². The van der Waals surface area contributed by atoms with Crippen LogP contribution in [0.25, 0.3) is 16.8 Å². The Kier molecular flexibility index (Phi) is 6.06. The molecule has 0 atom stereocenters. The maximum atomic E-state index is 13.4. The molecule has 9 heteroatoms. The van der Waals surface area contributed by atoms with Crippen LogP contribution in [0.3, 0.4) is 0 Å². The first-order valence-corrected chi connectivity index (χ1v) is 10.5. The van der Waals surface area contributed by atoms with E-state index in [0.29, 0.717) is 27.8 Å². The normalized spacial score (nSPS) is 15.3. The van der Waals surface area contributed by atoms with Crippen molar-refractivity contribution < 1.29 is 19.1 Å². The van der Waals surface area contributed by atoms with Crippen molar-refractivity contribution >= 4 is 74.9 Å². The summed E-state index contributed by atoms with van der Waals surface area (Å²) in [4.78, 5) is 27.3. The van der Waals surface area contributed by atoms with Gasteiger partial charge in [0.05, 0.1) is 30.0 Å². The molecule has 1 fully saturated rings. The number of halogens is 2. The molecule has 2 amide bonds. The third-order valence-corrected chi connectivity index (χ3v) is 6.03. The van der Waals surface area contributed by atoms with Gasteiger partial charge in [-0.3, -0.25) is 19.8 Å². The van der Waals surface area contributed by atoms with Crippen LogP contribution in [-0.2, 0) is 9.59 Å². The van der Waals surface area contributed by atoms with Crippen LogP contribution in [0.1, 0.15) is 5.56 Å². The Hall–Kier alpha value is -3.13. The van der Waals surface area contributed by atoms with Crippen molar-refractivity contribution in [1.82, 2.24) is 5.32 Å². The largest absolute Gasteiger partial charge is 0.497 e. The van der Waals surface area contributed by atoms with Gasteiger partial charge in [-0.2, -0.15) is 0 Å². The predicted molar refractivity (Wildman–Crippen MR) is 130 cm³/mol. The van der Waals surface area contributed by atoms with E-state index in [-0.39, 0.29) is 15.7 Å². The number of carbonyl (C=O) groups excluding carboxylic acids is 2. The number of ether oxygens (including phenoxy) is 2. The number of nitrogens with one attached hydrogen (secondary N) is 1. The molecule has 0 bridgehead atoms. The maximum Gasteiger partial charge on any atom is 0.270 e. The number of nitrogens with zero attached hydrogens (tertiary/aromatic N) is 1. The van der Waals surface area contributed by atoms with E-state index < -0.39 is 11.8 Å². The molecular weight excluding hydrogens is 471 g/mol. The molecule has 0 aromatic heterocycles. The molecule has 0 unspecified atom stereocenters. The number of rotatable bonds is 4. The number of benzene rings is 3. The molecule has 1 N–H and O–H groups in total. The van der Waals surface area contributed by atoms with E-state index in [1.807, 2.05) is 24.3 Å². The molecule has 3 aromatic carbocycles. The number of methoxy groups -OCH3 is 2. The van der Waals surface area contributed by atoms with Gasteiger partial charge in [0.1, 0.15) is 17.1 Å². The SMILES string of the molecule is COc1ccc2ccc(OC)c(/C=C3/C(=O)NC(=S)N(c4ccc(Cl)c(Cl)c4)C3=O)c2c1. The first kappa shape index (κ1) is 22.1. The lowest BCUT2D eigenvalue weighted by atomic mass is 9.99. The second-order valence-corrected chi connectivity index (χ2v) is 8.03. The Bertz CT molecular complexity index is 1320. The highest BCUT2D eigenvalue weighted by atomic mass is 35.5. The highest BCUT2D eigenvalue weighted by molar-refractivity contribution is 7.80. The lowest BCUT2D eigenvalue weighted by Crippen LogP contribution is -2.54. The standard InChI is InChI=1S/C23H16Cl2N2O4S/c1-30-14-6-3-12-4-8-20(31-2)16(15(12)10-14)11-17-21(28)26-23(32)27(22(17)29)13-5-7-18(24)19(25)9-13/h3-11H,1-2H3,(H,26,28,32)/b17-11-. The molecule has 0 saturated carbocycles. The van der Waals surface area contributed by atoms with Crippen molar-refractivity contribution in [1.29, 1.82) is 0 Å². The van der Waals surface area contributed by atoms with Gasteiger partial charge in [0.15, 0.2) is 5.11 Å². The van der Waals surface area contributed by atoms with Crippen LogP contribution in [0.15, 0.2) is 54.1 Å². The van der Waals surface area contributed by atoms with Crippen molar-refractivity contribution in [3.63, 3.8) is 0 Å². The van der Waals surface area contributed by atoms with Crippen molar-refractivity contribution in [3.8, 4) is 11.5 Å². The molecule has 162 valence electrons. The fourth-order valence-electron chi connectivity index (χ4n) is 3.42. The monoisotopic (exact) mass is 486 g/mol. The number of hydrogen-bond acceptors (Lipinski definition) is 5. The van der Waals surface area contributed by atoms with Gasteiger partial charge in [-0.05, 0) is 65.5 Å². The Morgan fingerprint density at radius 2 is 1.72 bits per heavy atom. The summed E-state index contributed by atoms with van der Waals surface area (Å²) in [6.07, 6.45) is 1.49. The molecule has 1 saturated heterocycles. The van der Waals surface area contributed by atoms with Gasteiger partial charge < -0.3 is 9.47 Å². The Labute approximate surface area is 199 Å². The smallest absolute Gasteiger partial charge is 0.270 e. The number of amides is 2. The maximum absolute atomic E-state index is 13.4. The van der Waals surface area contributed by atoms with Crippen LogP contribution in [0.2, 0.25) is 10.0 Å². The summed E-state index contributed by atoms with van der Waals surface area (Å²) in [5.41, 5.74) is 0.828. The molecule has 1 aliphatic rings. The van der Waals surface area contributed by atoms with E-state index in [1.165, 1.54) is 24.2 Å². The lowest BCUT2D eigenvalue weighted by Gasteiger charge is -2.29. The first-order valence-electron chi connectivity index (χ1n) is 9.35. The lowest BCUT2D eigenvalue weighted by molar-refractivity contribution is -0.122. The predicted octanol–water partition coefficient (Wildman–Crippen LogP) is 5.00.